The fourth-order valence-electron chi connectivity index (χ4n) is 1.02. The van der Waals surface area contributed by atoms with Crippen molar-refractivity contribution in [2.24, 2.45) is 5.73 Å². The number of fused-ring (bicyclic) bond motifs is 1. The van der Waals surface area contributed by atoms with Crippen molar-refractivity contribution in [2.75, 3.05) is 0 Å². The molecule has 0 saturated heterocycles. The van der Waals surface area contributed by atoms with Crippen LogP contribution in [0.25, 0.3) is 10.9 Å². The molecule has 2 aromatic heterocycles. The molecule has 0 fully saturated rings. The number of H-pyrrole nitrogens is 1. The van der Waals surface area contributed by atoms with Crippen LogP contribution in [0.5, 0.6) is 0 Å². The molecule has 5 heteroatoms. The van der Waals surface area contributed by atoms with E-state index in [9.17, 15) is 4.79 Å². The van der Waals surface area contributed by atoms with Gasteiger partial charge < -0.3 is 10.7 Å². The van der Waals surface area contributed by atoms with Crippen molar-refractivity contribution in [2.45, 2.75) is 0 Å². The number of rotatable bonds is 1. The van der Waals surface area contributed by atoms with Gasteiger partial charge in [-0.25, -0.2) is 0 Å². The lowest BCUT2D eigenvalue weighted by molar-refractivity contribution is 0.0996. The van der Waals surface area contributed by atoms with Crippen molar-refractivity contribution in [3.8, 4) is 0 Å². The number of hydrogen-bond donors (Lipinski definition) is 2. The van der Waals surface area contributed by atoms with Crippen molar-refractivity contribution >= 4 is 16.8 Å². The average molecular weight is 162 g/mol. The van der Waals surface area contributed by atoms with Crippen molar-refractivity contribution in [1.29, 1.82) is 0 Å². The molecule has 2 aromatic rings. The van der Waals surface area contributed by atoms with Gasteiger partial charge in [-0.2, -0.15) is 10.2 Å². The fraction of sp³-hybridized carbons (Fsp3) is 0. The Morgan fingerprint density at radius 1 is 1.42 bits per heavy atom. The Kier molecular flexibility index (Phi) is 1.30. The number of nitrogens with one attached hydrogen (secondary N) is 1. The number of aromatic nitrogens is 3. The first kappa shape index (κ1) is 6.78. The molecule has 0 bridgehead atoms. The lowest BCUT2D eigenvalue weighted by Gasteiger charge is -1.84. The monoisotopic (exact) mass is 162 g/mol. The zero-order chi connectivity index (χ0) is 8.55. The summed E-state index contributed by atoms with van der Waals surface area (Å²) in [7, 11) is 0. The normalized spacial score (nSPS) is 10.3. The minimum absolute atomic E-state index is 0.375. The molecule has 60 valence electrons. The van der Waals surface area contributed by atoms with Gasteiger partial charge in [0.1, 0.15) is 5.69 Å². The van der Waals surface area contributed by atoms with E-state index in [4.69, 9.17) is 5.73 Å². The van der Waals surface area contributed by atoms with Gasteiger partial charge >= 0.3 is 0 Å². The van der Waals surface area contributed by atoms with Gasteiger partial charge in [-0.05, 0) is 6.07 Å². The van der Waals surface area contributed by atoms with Gasteiger partial charge in [0, 0.05) is 5.39 Å². The van der Waals surface area contributed by atoms with E-state index < -0.39 is 5.91 Å². The highest BCUT2D eigenvalue weighted by Crippen LogP contribution is 2.11. The van der Waals surface area contributed by atoms with Crippen LogP contribution in [0, 0.1) is 0 Å². The van der Waals surface area contributed by atoms with E-state index in [1.807, 2.05) is 0 Å². The van der Waals surface area contributed by atoms with Crippen LogP contribution in [0.3, 0.4) is 0 Å². The van der Waals surface area contributed by atoms with Gasteiger partial charge in [-0.3, -0.25) is 4.79 Å². The number of carbonyl (C=O) groups is 1. The van der Waals surface area contributed by atoms with Gasteiger partial charge in [0.15, 0.2) is 0 Å². The van der Waals surface area contributed by atoms with E-state index in [1.165, 1.54) is 0 Å². The minimum atomic E-state index is -0.480. The van der Waals surface area contributed by atoms with Crippen LogP contribution in [0.4, 0.5) is 0 Å². The highest BCUT2D eigenvalue weighted by Gasteiger charge is 2.04. The minimum Gasteiger partial charge on any atom is -0.364 e. The number of carbonyl (C=O) groups excluding carboxylic acids is 1. The van der Waals surface area contributed by atoms with Crippen LogP contribution in [0.1, 0.15) is 10.5 Å². The van der Waals surface area contributed by atoms with E-state index in [0.717, 1.165) is 10.9 Å². The number of amides is 1. The molecular formula is C7H6N4O. The first-order valence-corrected chi connectivity index (χ1v) is 3.36. The third-order valence-corrected chi connectivity index (χ3v) is 1.60. The molecular weight excluding hydrogens is 156 g/mol. The van der Waals surface area contributed by atoms with Crippen molar-refractivity contribution in [3.05, 3.63) is 24.2 Å². The number of hydrogen-bond acceptors (Lipinski definition) is 3. The van der Waals surface area contributed by atoms with E-state index in [0.29, 0.717) is 5.69 Å². The van der Waals surface area contributed by atoms with Gasteiger partial charge in [0.2, 0.25) is 0 Å². The van der Waals surface area contributed by atoms with Crippen LogP contribution >= 0.6 is 0 Å². The zero-order valence-electron chi connectivity index (χ0n) is 6.11. The molecule has 2 rings (SSSR count). The SMILES string of the molecule is NC(=O)c1cc2cnncc2[nH]1. The summed E-state index contributed by atoms with van der Waals surface area (Å²) in [5.74, 6) is -0.480. The summed E-state index contributed by atoms with van der Waals surface area (Å²) in [6.45, 7) is 0. The van der Waals surface area contributed by atoms with Gasteiger partial charge in [-0.1, -0.05) is 0 Å². The molecule has 5 nitrogen and oxygen atoms in total. The summed E-state index contributed by atoms with van der Waals surface area (Å²) in [6.07, 6.45) is 3.11. The number of aromatic amines is 1. The maximum absolute atomic E-state index is 10.7. The van der Waals surface area contributed by atoms with Crippen molar-refractivity contribution < 1.29 is 4.79 Å². The molecule has 1 amide bonds. The molecule has 2 heterocycles. The van der Waals surface area contributed by atoms with Crippen molar-refractivity contribution in [3.63, 3.8) is 0 Å². The fourth-order valence-corrected chi connectivity index (χ4v) is 1.02. The molecule has 3 N–H and O–H groups in total. The van der Waals surface area contributed by atoms with Crippen LogP contribution in [-0.4, -0.2) is 21.1 Å². The highest BCUT2D eigenvalue weighted by atomic mass is 16.1. The molecule has 0 unspecified atom stereocenters. The molecule has 12 heavy (non-hydrogen) atoms. The van der Waals surface area contributed by atoms with E-state index in [-0.39, 0.29) is 0 Å². The van der Waals surface area contributed by atoms with Gasteiger partial charge in [0.25, 0.3) is 5.91 Å². The quantitative estimate of drug-likeness (QED) is 0.621. The topological polar surface area (TPSA) is 84.7 Å². The lowest BCUT2D eigenvalue weighted by Crippen LogP contribution is -2.10. The maximum Gasteiger partial charge on any atom is 0.265 e. The average Bonchev–Trinajstić information content (AvgIpc) is 2.46. The third-order valence-electron chi connectivity index (χ3n) is 1.60. The second-order valence-corrected chi connectivity index (χ2v) is 2.41. The summed E-state index contributed by atoms with van der Waals surface area (Å²) in [4.78, 5) is 13.5. The Bertz CT molecular complexity index is 401. The molecule has 0 aromatic carbocycles. The molecule has 0 spiro atoms. The number of primary amides is 1. The molecule has 0 saturated carbocycles. The first-order chi connectivity index (χ1) is 5.77. The maximum atomic E-state index is 10.7. The highest BCUT2D eigenvalue weighted by molar-refractivity contribution is 5.96. The van der Waals surface area contributed by atoms with Crippen LogP contribution < -0.4 is 5.73 Å². The summed E-state index contributed by atoms with van der Waals surface area (Å²) < 4.78 is 0. The third kappa shape index (κ3) is 0.914. The number of nitrogens with two attached hydrogens (primary N) is 1. The van der Waals surface area contributed by atoms with Crippen LogP contribution in [-0.2, 0) is 0 Å². The predicted octanol–water partition coefficient (Wildman–Crippen LogP) is 0.0568. The summed E-state index contributed by atoms with van der Waals surface area (Å²) in [6, 6.07) is 1.65. The largest absolute Gasteiger partial charge is 0.364 e. The first-order valence-electron chi connectivity index (χ1n) is 3.36. The molecule has 0 aliphatic carbocycles. The summed E-state index contributed by atoms with van der Waals surface area (Å²) in [5.41, 5.74) is 6.20. The Morgan fingerprint density at radius 3 is 2.83 bits per heavy atom. The zero-order valence-corrected chi connectivity index (χ0v) is 6.11. The van der Waals surface area contributed by atoms with Crippen LogP contribution in [0.15, 0.2) is 18.5 Å². The van der Waals surface area contributed by atoms with Gasteiger partial charge in [0.05, 0.1) is 17.9 Å². The smallest absolute Gasteiger partial charge is 0.265 e. The van der Waals surface area contributed by atoms with Crippen LogP contribution in [0.2, 0.25) is 0 Å². The molecule has 0 radical (unpaired) electrons. The standard InChI is InChI=1S/C7H6N4O/c8-7(12)5-1-4-2-9-10-3-6(4)11-5/h1-3,11H,(H2,8,12). The summed E-state index contributed by atoms with van der Waals surface area (Å²) in [5, 5.41) is 8.15. The second-order valence-electron chi connectivity index (χ2n) is 2.41. The lowest BCUT2D eigenvalue weighted by atomic mass is 10.3. The van der Waals surface area contributed by atoms with E-state index in [2.05, 4.69) is 15.2 Å². The molecule has 0 atom stereocenters. The molecule has 0 aliphatic heterocycles. The van der Waals surface area contributed by atoms with Crippen molar-refractivity contribution in [1.82, 2.24) is 15.2 Å². The Balaban J connectivity index is 2.70. The van der Waals surface area contributed by atoms with Gasteiger partial charge in [-0.15, -0.1) is 0 Å². The van der Waals surface area contributed by atoms with E-state index >= 15 is 0 Å². The predicted molar refractivity (Wildman–Crippen MR) is 42.4 cm³/mol. The second kappa shape index (κ2) is 2.30. The Labute approximate surface area is 67.6 Å². The summed E-state index contributed by atoms with van der Waals surface area (Å²) >= 11 is 0. The number of nitrogens with zero attached hydrogens (tertiary/aromatic N) is 2. The molecule has 0 aliphatic rings. The Morgan fingerprint density at radius 2 is 2.17 bits per heavy atom. The van der Waals surface area contributed by atoms with E-state index in [1.54, 1.807) is 18.5 Å². The Hall–Kier alpha value is -1.91.